The molecular weight excluding hydrogens is 252 g/mol. The average Bonchev–Trinajstić information content (AvgIpc) is 3.13. The lowest BCUT2D eigenvalue weighted by Gasteiger charge is -2.40. The van der Waals surface area contributed by atoms with Crippen LogP contribution < -0.4 is 0 Å². The van der Waals surface area contributed by atoms with Gasteiger partial charge in [-0.1, -0.05) is 0 Å². The second-order valence-electron chi connectivity index (χ2n) is 7.15. The number of piperidine rings is 1. The Morgan fingerprint density at radius 1 is 1.11 bits per heavy atom. The molecule has 3 rings (SSSR count). The molecular formula is C16H30N2S. The Hall–Kier alpha value is 0.270. The molecule has 2 saturated heterocycles. The monoisotopic (exact) mass is 282 g/mol. The van der Waals surface area contributed by atoms with Gasteiger partial charge in [0.2, 0.25) is 0 Å². The predicted octanol–water partition coefficient (Wildman–Crippen LogP) is 2.94. The van der Waals surface area contributed by atoms with E-state index in [-0.39, 0.29) is 0 Å². The first-order chi connectivity index (χ1) is 9.30. The molecule has 1 aliphatic carbocycles. The van der Waals surface area contributed by atoms with Crippen LogP contribution in [-0.4, -0.2) is 61.1 Å². The number of hydrogen-bond acceptors (Lipinski definition) is 3. The highest BCUT2D eigenvalue weighted by Crippen LogP contribution is 2.40. The van der Waals surface area contributed by atoms with Crippen LogP contribution in [0, 0.1) is 11.3 Å². The van der Waals surface area contributed by atoms with Crippen LogP contribution in [0.5, 0.6) is 0 Å². The SMILES string of the molecule is CSCCCN1CC[C@@]2(CCCN(CC3CC3)C2)C1. The molecule has 3 heteroatoms. The number of hydrogen-bond donors (Lipinski definition) is 0. The maximum absolute atomic E-state index is 2.80. The largest absolute Gasteiger partial charge is 0.303 e. The van der Waals surface area contributed by atoms with Crippen LogP contribution in [0.25, 0.3) is 0 Å². The van der Waals surface area contributed by atoms with Gasteiger partial charge < -0.3 is 9.80 Å². The smallest absolute Gasteiger partial charge is 0.00508 e. The Morgan fingerprint density at radius 3 is 2.74 bits per heavy atom. The first-order valence-corrected chi connectivity index (χ1v) is 9.63. The highest BCUT2D eigenvalue weighted by Gasteiger charge is 2.41. The molecule has 1 spiro atoms. The quantitative estimate of drug-likeness (QED) is 0.692. The zero-order valence-electron chi connectivity index (χ0n) is 12.6. The van der Waals surface area contributed by atoms with Gasteiger partial charge in [0, 0.05) is 19.6 Å². The maximum atomic E-state index is 2.80. The van der Waals surface area contributed by atoms with Gasteiger partial charge in [0.25, 0.3) is 0 Å². The summed E-state index contributed by atoms with van der Waals surface area (Å²) in [6.45, 7) is 8.29. The second-order valence-corrected chi connectivity index (χ2v) is 8.14. The number of nitrogens with zero attached hydrogens (tertiary/aromatic N) is 2. The van der Waals surface area contributed by atoms with Gasteiger partial charge in [-0.15, -0.1) is 0 Å². The molecule has 0 amide bonds. The van der Waals surface area contributed by atoms with Crippen molar-refractivity contribution in [2.24, 2.45) is 11.3 Å². The summed E-state index contributed by atoms with van der Waals surface area (Å²) in [6.07, 6.45) is 11.0. The van der Waals surface area contributed by atoms with E-state index in [2.05, 4.69) is 16.1 Å². The van der Waals surface area contributed by atoms with Crippen LogP contribution in [-0.2, 0) is 0 Å². The summed E-state index contributed by atoms with van der Waals surface area (Å²) in [5.74, 6) is 2.39. The predicted molar refractivity (Wildman–Crippen MR) is 84.9 cm³/mol. The lowest BCUT2D eigenvalue weighted by atomic mass is 9.79. The third-order valence-corrected chi connectivity index (χ3v) is 5.99. The van der Waals surface area contributed by atoms with Crippen molar-refractivity contribution in [3.63, 3.8) is 0 Å². The molecule has 110 valence electrons. The van der Waals surface area contributed by atoms with E-state index in [9.17, 15) is 0 Å². The van der Waals surface area contributed by atoms with Crippen molar-refractivity contribution in [3.8, 4) is 0 Å². The third-order valence-electron chi connectivity index (χ3n) is 5.29. The maximum Gasteiger partial charge on any atom is 0.00508 e. The molecule has 2 aliphatic heterocycles. The number of thioether (sulfide) groups is 1. The molecule has 0 radical (unpaired) electrons. The van der Waals surface area contributed by atoms with E-state index >= 15 is 0 Å². The van der Waals surface area contributed by atoms with Gasteiger partial charge in [-0.05, 0) is 81.5 Å². The van der Waals surface area contributed by atoms with Gasteiger partial charge >= 0.3 is 0 Å². The summed E-state index contributed by atoms with van der Waals surface area (Å²) in [5, 5.41) is 0. The Bertz CT molecular complexity index is 292. The molecule has 0 N–H and O–H groups in total. The molecule has 1 atom stereocenters. The van der Waals surface area contributed by atoms with Gasteiger partial charge in [0.1, 0.15) is 0 Å². The zero-order valence-corrected chi connectivity index (χ0v) is 13.4. The molecule has 1 saturated carbocycles. The minimum Gasteiger partial charge on any atom is -0.303 e. The highest BCUT2D eigenvalue weighted by atomic mass is 32.2. The van der Waals surface area contributed by atoms with Gasteiger partial charge in [-0.25, -0.2) is 0 Å². The topological polar surface area (TPSA) is 6.48 Å². The highest BCUT2D eigenvalue weighted by molar-refractivity contribution is 7.98. The molecule has 0 unspecified atom stereocenters. The lowest BCUT2D eigenvalue weighted by Crippen LogP contribution is -2.45. The molecule has 19 heavy (non-hydrogen) atoms. The van der Waals surface area contributed by atoms with E-state index in [0.29, 0.717) is 5.41 Å². The fourth-order valence-corrected chi connectivity index (χ4v) is 4.53. The van der Waals surface area contributed by atoms with E-state index in [4.69, 9.17) is 0 Å². The second kappa shape index (κ2) is 6.36. The van der Waals surface area contributed by atoms with Gasteiger partial charge in [-0.3, -0.25) is 0 Å². The fourth-order valence-electron chi connectivity index (χ4n) is 4.12. The van der Waals surface area contributed by atoms with Crippen LogP contribution in [0.1, 0.15) is 38.5 Å². The Balaban J connectivity index is 1.46. The zero-order chi connectivity index (χ0) is 13.1. The normalized spacial score (nSPS) is 33.3. The van der Waals surface area contributed by atoms with E-state index < -0.39 is 0 Å². The number of likely N-dealkylation sites (tertiary alicyclic amines) is 2. The Kier molecular flexibility index (Phi) is 4.76. The van der Waals surface area contributed by atoms with Crippen molar-refractivity contribution in [3.05, 3.63) is 0 Å². The first-order valence-electron chi connectivity index (χ1n) is 8.23. The van der Waals surface area contributed by atoms with Crippen LogP contribution >= 0.6 is 11.8 Å². The van der Waals surface area contributed by atoms with Crippen molar-refractivity contribution >= 4 is 11.8 Å². The molecule has 2 nitrogen and oxygen atoms in total. The Labute approximate surface area is 123 Å². The number of rotatable bonds is 6. The first kappa shape index (κ1) is 14.2. The summed E-state index contributed by atoms with van der Waals surface area (Å²) in [4.78, 5) is 5.55. The van der Waals surface area contributed by atoms with Crippen molar-refractivity contribution in [2.75, 3.05) is 51.3 Å². The lowest BCUT2D eigenvalue weighted by molar-refractivity contribution is 0.0893. The van der Waals surface area contributed by atoms with E-state index in [0.717, 1.165) is 5.92 Å². The molecule has 3 aliphatic rings. The van der Waals surface area contributed by atoms with Crippen molar-refractivity contribution in [2.45, 2.75) is 38.5 Å². The van der Waals surface area contributed by atoms with Gasteiger partial charge in [0.05, 0.1) is 0 Å². The molecule has 0 bridgehead atoms. The van der Waals surface area contributed by atoms with Gasteiger partial charge in [0.15, 0.2) is 0 Å². The van der Waals surface area contributed by atoms with Crippen molar-refractivity contribution in [1.82, 2.24) is 9.80 Å². The fraction of sp³-hybridized carbons (Fsp3) is 1.00. The summed E-state index contributed by atoms with van der Waals surface area (Å²) in [5.41, 5.74) is 0.673. The summed E-state index contributed by atoms with van der Waals surface area (Å²) >= 11 is 1.99. The van der Waals surface area contributed by atoms with E-state index in [1.54, 1.807) is 0 Å². The minimum atomic E-state index is 0.673. The van der Waals surface area contributed by atoms with Gasteiger partial charge in [-0.2, -0.15) is 11.8 Å². The van der Waals surface area contributed by atoms with Crippen LogP contribution in [0.3, 0.4) is 0 Å². The van der Waals surface area contributed by atoms with E-state index in [1.165, 1.54) is 83.5 Å². The minimum absolute atomic E-state index is 0.673. The van der Waals surface area contributed by atoms with E-state index in [1.807, 2.05) is 11.8 Å². The van der Waals surface area contributed by atoms with Crippen molar-refractivity contribution < 1.29 is 0 Å². The third kappa shape index (κ3) is 3.89. The average molecular weight is 282 g/mol. The summed E-state index contributed by atoms with van der Waals surface area (Å²) in [7, 11) is 0. The molecule has 2 heterocycles. The van der Waals surface area contributed by atoms with Crippen LogP contribution in [0.4, 0.5) is 0 Å². The summed E-state index contributed by atoms with van der Waals surface area (Å²) < 4.78 is 0. The summed E-state index contributed by atoms with van der Waals surface area (Å²) in [6, 6.07) is 0. The van der Waals surface area contributed by atoms with Crippen LogP contribution in [0.2, 0.25) is 0 Å². The Morgan fingerprint density at radius 2 is 1.95 bits per heavy atom. The van der Waals surface area contributed by atoms with Crippen LogP contribution in [0.15, 0.2) is 0 Å². The molecule has 0 aromatic rings. The standard InChI is InChI=1S/C16H30N2S/c1-19-11-3-9-17-10-7-16(13-17)6-2-8-18(14-16)12-15-4-5-15/h15H,2-14H2,1H3/t16-/m0/s1. The van der Waals surface area contributed by atoms with Crippen molar-refractivity contribution in [1.29, 1.82) is 0 Å². The molecule has 0 aromatic heterocycles. The molecule has 0 aromatic carbocycles. The molecule has 3 fully saturated rings.